The number of aldehydes is 1. The summed E-state index contributed by atoms with van der Waals surface area (Å²) in [6.07, 6.45) is 2.28. The Morgan fingerprint density at radius 1 is 1.70 bits per heavy atom. The second-order valence-electron chi connectivity index (χ2n) is 1.87. The molecule has 0 atom stereocenters. The van der Waals surface area contributed by atoms with E-state index in [1.807, 2.05) is 0 Å². The molecule has 0 fully saturated rings. The summed E-state index contributed by atoms with van der Waals surface area (Å²) >= 11 is 0. The fraction of sp³-hybridized carbons (Fsp3) is 0.143. The van der Waals surface area contributed by atoms with Crippen LogP contribution in [0.2, 0.25) is 0 Å². The smallest absolute Gasteiger partial charge is 0.168 e. The average molecular weight is 136 g/mol. The summed E-state index contributed by atoms with van der Waals surface area (Å²) in [6.45, 7) is 0.363. The van der Waals surface area contributed by atoms with Gasteiger partial charge in [-0.3, -0.25) is 9.78 Å². The number of rotatable bonds is 2. The maximum atomic E-state index is 10.3. The molecule has 0 saturated heterocycles. The van der Waals surface area contributed by atoms with Crippen molar-refractivity contribution in [2.24, 2.45) is 5.73 Å². The second-order valence-corrected chi connectivity index (χ2v) is 1.87. The van der Waals surface area contributed by atoms with Crippen LogP contribution in [0.3, 0.4) is 0 Å². The highest BCUT2D eigenvalue weighted by atomic mass is 16.1. The minimum absolute atomic E-state index is 0.363. The number of aromatic nitrogens is 1. The lowest BCUT2D eigenvalue weighted by molar-refractivity contribution is 0.111. The molecule has 1 heterocycles. The van der Waals surface area contributed by atoms with Gasteiger partial charge in [-0.25, -0.2) is 0 Å². The zero-order valence-corrected chi connectivity index (χ0v) is 5.45. The van der Waals surface area contributed by atoms with Gasteiger partial charge in [0.05, 0.1) is 0 Å². The van der Waals surface area contributed by atoms with Gasteiger partial charge >= 0.3 is 0 Å². The van der Waals surface area contributed by atoms with Crippen molar-refractivity contribution in [1.29, 1.82) is 0 Å². The molecular formula is C7H8N2O. The van der Waals surface area contributed by atoms with E-state index in [1.165, 1.54) is 0 Å². The van der Waals surface area contributed by atoms with Crippen LogP contribution in [-0.2, 0) is 6.54 Å². The Morgan fingerprint density at radius 2 is 2.50 bits per heavy atom. The Morgan fingerprint density at radius 3 is 3.00 bits per heavy atom. The van der Waals surface area contributed by atoms with E-state index in [0.29, 0.717) is 18.5 Å². The van der Waals surface area contributed by atoms with Gasteiger partial charge in [0.2, 0.25) is 0 Å². The van der Waals surface area contributed by atoms with Crippen molar-refractivity contribution in [1.82, 2.24) is 4.98 Å². The van der Waals surface area contributed by atoms with Crippen LogP contribution < -0.4 is 5.73 Å². The third-order valence-electron chi connectivity index (χ3n) is 1.26. The summed E-state index contributed by atoms with van der Waals surface area (Å²) in [6, 6.07) is 3.55. The van der Waals surface area contributed by atoms with E-state index >= 15 is 0 Å². The lowest BCUT2D eigenvalue weighted by atomic mass is 10.2. The first kappa shape index (κ1) is 6.89. The summed E-state index contributed by atoms with van der Waals surface area (Å²) in [5, 5.41) is 0. The Kier molecular flexibility index (Phi) is 2.12. The van der Waals surface area contributed by atoms with E-state index < -0.39 is 0 Å². The van der Waals surface area contributed by atoms with Crippen molar-refractivity contribution in [3.05, 3.63) is 29.6 Å². The molecule has 1 aromatic rings. The van der Waals surface area contributed by atoms with Crippen LogP contribution in [0, 0.1) is 0 Å². The molecule has 0 unspecified atom stereocenters. The van der Waals surface area contributed by atoms with Gasteiger partial charge in [-0.05, 0) is 11.6 Å². The van der Waals surface area contributed by atoms with E-state index in [1.54, 1.807) is 18.3 Å². The molecule has 1 rings (SSSR count). The Labute approximate surface area is 58.9 Å². The first-order chi connectivity index (χ1) is 4.88. The topological polar surface area (TPSA) is 56.0 Å². The van der Waals surface area contributed by atoms with Crippen LogP contribution in [0.25, 0.3) is 0 Å². The number of nitrogens with two attached hydrogens (primary N) is 1. The van der Waals surface area contributed by atoms with Crippen molar-refractivity contribution in [2.45, 2.75) is 6.54 Å². The van der Waals surface area contributed by atoms with Gasteiger partial charge in [0.1, 0.15) is 5.69 Å². The maximum Gasteiger partial charge on any atom is 0.168 e. The first-order valence-electron chi connectivity index (χ1n) is 2.97. The normalized spacial score (nSPS) is 9.30. The number of pyridine rings is 1. The second kappa shape index (κ2) is 3.08. The molecule has 0 spiro atoms. The highest BCUT2D eigenvalue weighted by Gasteiger charge is 1.96. The number of carbonyl (C=O) groups excluding carboxylic acids is 1. The monoisotopic (exact) mass is 136 g/mol. The van der Waals surface area contributed by atoms with Crippen molar-refractivity contribution < 1.29 is 4.79 Å². The van der Waals surface area contributed by atoms with Gasteiger partial charge in [-0.1, -0.05) is 6.07 Å². The standard InChI is InChI=1S/C7H8N2O/c8-4-6-2-1-3-9-7(6)5-10/h1-3,5H,4,8H2. The Bertz CT molecular complexity index is 235. The average Bonchev–Trinajstić information content (AvgIpc) is 2.04. The molecule has 1 aromatic heterocycles. The van der Waals surface area contributed by atoms with Gasteiger partial charge in [0, 0.05) is 12.7 Å². The van der Waals surface area contributed by atoms with Crippen molar-refractivity contribution in [3.63, 3.8) is 0 Å². The van der Waals surface area contributed by atoms with E-state index in [2.05, 4.69) is 4.98 Å². The summed E-state index contributed by atoms with van der Waals surface area (Å²) in [7, 11) is 0. The first-order valence-corrected chi connectivity index (χ1v) is 2.97. The molecule has 0 saturated carbocycles. The predicted octanol–water partition coefficient (Wildman–Crippen LogP) is 0.353. The number of nitrogens with zero attached hydrogens (tertiary/aromatic N) is 1. The van der Waals surface area contributed by atoms with E-state index in [0.717, 1.165) is 5.56 Å². The molecule has 0 aliphatic rings. The van der Waals surface area contributed by atoms with Gasteiger partial charge in [0.15, 0.2) is 6.29 Å². The van der Waals surface area contributed by atoms with Crippen LogP contribution in [0.4, 0.5) is 0 Å². The highest BCUT2D eigenvalue weighted by molar-refractivity contribution is 5.73. The van der Waals surface area contributed by atoms with E-state index in [-0.39, 0.29) is 0 Å². The predicted molar refractivity (Wildman–Crippen MR) is 37.5 cm³/mol. The molecule has 3 nitrogen and oxygen atoms in total. The summed E-state index contributed by atoms with van der Waals surface area (Å²) in [4.78, 5) is 14.1. The van der Waals surface area contributed by atoms with Crippen LogP contribution in [0.1, 0.15) is 16.1 Å². The van der Waals surface area contributed by atoms with Crippen LogP contribution >= 0.6 is 0 Å². The molecule has 0 radical (unpaired) electrons. The summed E-state index contributed by atoms with van der Waals surface area (Å²) in [5.74, 6) is 0. The quantitative estimate of drug-likeness (QED) is 0.597. The molecule has 0 aliphatic heterocycles. The number of hydrogen-bond acceptors (Lipinski definition) is 3. The fourth-order valence-corrected chi connectivity index (χ4v) is 0.730. The SMILES string of the molecule is NCc1cccnc1C=O. The molecular weight excluding hydrogens is 128 g/mol. The third kappa shape index (κ3) is 1.19. The van der Waals surface area contributed by atoms with E-state index in [4.69, 9.17) is 5.73 Å². The molecule has 2 N–H and O–H groups in total. The Hall–Kier alpha value is -1.22. The van der Waals surface area contributed by atoms with Gasteiger partial charge in [0.25, 0.3) is 0 Å². The number of carbonyl (C=O) groups is 1. The summed E-state index contributed by atoms with van der Waals surface area (Å²) < 4.78 is 0. The lowest BCUT2D eigenvalue weighted by Crippen LogP contribution is -2.01. The minimum atomic E-state index is 0.363. The van der Waals surface area contributed by atoms with Crippen molar-refractivity contribution >= 4 is 6.29 Å². The largest absolute Gasteiger partial charge is 0.326 e. The van der Waals surface area contributed by atoms with Crippen molar-refractivity contribution in [2.75, 3.05) is 0 Å². The molecule has 10 heavy (non-hydrogen) atoms. The van der Waals surface area contributed by atoms with Gasteiger partial charge in [-0.2, -0.15) is 0 Å². The Balaban J connectivity index is 3.08. The molecule has 0 aliphatic carbocycles. The zero-order valence-electron chi connectivity index (χ0n) is 5.45. The molecule has 3 heteroatoms. The van der Waals surface area contributed by atoms with Gasteiger partial charge in [-0.15, -0.1) is 0 Å². The molecule has 52 valence electrons. The zero-order chi connectivity index (χ0) is 7.40. The number of hydrogen-bond donors (Lipinski definition) is 1. The fourth-order valence-electron chi connectivity index (χ4n) is 0.730. The van der Waals surface area contributed by atoms with Gasteiger partial charge < -0.3 is 5.73 Å². The van der Waals surface area contributed by atoms with Crippen LogP contribution in [0.5, 0.6) is 0 Å². The van der Waals surface area contributed by atoms with Crippen LogP contribution in [-0.4, -0.2) is 11.3 Å². The third-order valence-corrected chi connectivity index (χ3v) is 1.26. The maximum absolute atomic E-state index is 10.3. The highest BCUT2D eigenvalue weighted by Crippen LogP contribution is 1.99. The molecule has 0 amide bonds. The van der Waals surface area contributed by atoms with Crippen LogP contribution in [0.15, 0.2) is 18.3 Å². The molecule has 0 aromatic carbocycles. The van der Waals surface area contributed by atoms with E-state index in [9.17, 15) is 4.79 Å². The van der Waals surface area contributed by atoms with Crippen molar-refractivity contribution in [3.8, 4) is 0 Å². The molecule has 0 bridgehead atoms. The lowest BCUT2D eigenvalue weighted by Gasteiger charge is -1.96. The summed E-state index contributed by atoms with van der Waals surface area (Å²) in [5.41, 5.74) is 6.55. The minimum Gasteiger partial charge on any atom is -0.326 e.